The molecule has 0 fully saturated rings. The van der Waals surface area contributed by atoms with Gasteiger partial charge >= 0.3 is 12.1 Å². The third-order valence-corrected chi connectivity index (χ3v) is 4.16. The van der Waals surface area contributed by atoms with Gasteiger partial charge in [0, 0.05) is 0 Å². The number of benzene rings is 2. The number of carbonyl (C=O) groups is 1. The van der Waals surface area contributed by atoms with Gasteiger partial charge in [0.2, 0.25) is 0 Å². The topological polar surface area (TPSA) is 26.3 Å². The number of ether oxygens (including phenoxy) is 1. The van der Waals surface area contributed by atoms with E-state index < -0.39 is 18.2 Å². The predicted molar refractivity (Wildman–Crippen MR) is 95.9 cm³/mol. The zero-order chi connectivity index (χ0) is 19.0. The molecule has 26 heavy (non-hydrogen) atoms. The minimum atomic E-state index is -4.55. The second-order valence-corrected chi connectivity index (χ2v) is 6.23. The third-order valence-electron chi connectivity index (χ3n) is 4.16. The van der Waals surface area contributed by atoms with Crippen molar-refractivity contribution in [3.63, 3.8) is 0 Å². The Morgan fingerprint density at radius 1 is 0.923 bits per heavy atom. The predicted octanol–water partition coefficient (Wildman–Crippen LogP) is 6.41. The van der Waals surface area contributed by atoms with Crippen LogP contribution in [0.5, 0.6) is 0 Å². The molecule has 5 heteroatoms. The van der Waals surface area contributed by atoms with E-state index in [1.165, 1.54) is 12.1 Å². The number of carbonyl (C=O) groups excluding carboxylic acids is 1. The lowest BCUT2D eigenvalue weighted by Gasteiger charge is -2.20. The van der Waals surface area contributed by atoms with Gasteiger partial charge in [0.15, 0.2) is 6.10 Å². The van der Waals surface area contributed by atoms with Crippen LogP contribution < -0.4 is 0 Å². The van der Waals surface area contributed by atoms with Gasteiger partial charge in [0.1, 0.15) is 0 Å². The number of alkyl halides is 3. The first kappa shape index (κ1) is 20.0. The van der Waals surface area contributed by atoms with Gasteiger partial charge in [-0.15, -0.1) is 0 Å². The van der Waals surface area contributed by atoms with Gasteiger partial charge in [0.25, 0.3) is 0 Å². The van der Waals surface area contributed by atoms with Crippen LogP contribution >= 0.6 is 0 Å². The minimum absolute atomic E-state index is 0.118. The van der Waals surface area contributed by atoms with Crippen LogP contribution in [0.4, 0.5) is 13.2 Å². The maximum Gasteiger partial charge on any atom is 0.425 e. The molecule has 1 unspecified atom stereocenters. The molecule has 0 bridgehead atoms. The first-order valence-electron chi connectivity index (χ1n) is 8.85. The summed E-state index contributed by atoms with van der Waals surface area (Å²) in [5.74, 6) is -0.942. The zero-order valence-corrected chi connectivity index (χ0v) is 14.8. The summed E-state index contributed by atoms with van der Waals surface area (Å²) in [4.78, 5) is 12.1. The summed E-state index contributed by atoms with van der Waals surface area (Å²) >= 11 is 0. The molecule has 2 nitrogen and oxygen atoms in total. The van der Waals surface area contributed by atoms with Crippen molar-refractivity contribution >= 4 is 5.97 Å². The largest absolute Gasteiger partial charge is 0.449 e. The van der Waals surface area contributed by atoms with Crippen molar-refractivity contribution in [2.45, 2.75) is 51.3 Å². The van der Waals surface area contributed by atoms with Crippen LogP contribution in [0.2, 0.25) is 0 Å². The molecule has 1 atom stereocenters. The molecular formula is C21H23F3O2. The van der Waals surface area contributed by atoms with Crippen molar-refractivity contribution in [3.8, 4) is 11.1 Å². The standard InChI is InChI=1S/C21H23F3O2/c1-2-3-4-8-11-19(21(22,23)24)26-20(25)18-14-12-17(13-15-18)16-9-6-5-7-10-16/h5-7,9-10,12-15,19H,2-4,8,11H2,1H3. The SMILES string of the molecule is CCCCCCC(OC(=O)c1ccc(-c2ccccc2)cc1)C(F)(F)F. The first-order valence-corrected chi connectivity index (χ1v) is 8.85. The summed E-state index contributed by atoms with van der Waals surface area (Å²) in [6, 6.07) is 15.9. The lowest BCUT2D eigenvalue weighted by molar-refractivity contribution is -0.206. The Balaban J connectivity index is 2.02. The van der Waals surface area contributed by atoms with Gasteiger partial charge in [-0.05, 0) is 36.1 Å². The second-order valence-electron chi connectivity index (χ2n) is 6.23. The Morgan fingerprint density at radius 2 is 1.54 bits per heavy atom. The Labute approximate surface area is 152 Å². The number of unbranched alkanes of at least 4 members (excludes halogenated alkanes) is 3. The van der Waals surface area contributed by atoms with Crippen molar-refractivity contribution in [1.82, 2.24) is 0 Å². The maximum atomic E-state index is 13.1. The molecule has 0 spiro atoms. The minimum Gasteiger partial charge on any atom is -0.449 e. The smallest absolute Gasteiger partial charge is 0.425 e. The Kier molecular flexibility index (Phi) is 7.25. The van der Waals surface area contributed by atoms with Crippen LogP contribution in [0.1, 0.15) is 49.4 Å². The Hall–Kier alpha value is -2.30. The van der Waals surface area contributed by atoms with E-state index in [9.17, 15) is 18.0 Å². The van der Waals surface area contributed by atoms with Crippen molar-refractivity contribution in [2.24, 2.45) is 0 Å². The average molecular weight is 364 g/mol. The van der Waals surface area contributed by atoms with E-state index in [1.54, 1.807) is 12.1 Å². The Bertz CT molecular complexity index is 679. The molecule has 0 aromatic heterocycles. The molecule has 2 aromatic carbocycles. The molecule has 0 radical (unpaired) electrons. The van der Waals surface area contributed by atoms with Crippen LogP contribution in [0, 0.1) is 0 Å². The van der Waals surface area contributed by atoms with Crippen LogP contribution in [-0.4, -0.2) is 18.2 Å². The second kappa shape index (κ2) is 9.41. The normalized spacial score (nSPS) is 12.6. The summed E-state index contributed by atoms with van der Waals surface area (Å²) in [5.41, 5.74) is 1.97. The molecule has 140 valence electrons. The highest BCUT2D eigenvalue weighted by molar-refractivity contribution is 5.90. The fourth-order valence-electron chi connectivity index (χ4n) is 2.67. The number of hydrogen-bond acceptors (Lipinski definition) is 2. The third kappa shape index (κ3) is 5.90. The monoisotopic (exact) mass is 364 g/mol. The lowest BCUT2D eigenvalue weighted by atomic mass is 10.0. The van der Waals surface area contributed by atoms with Gasteiger partial charge in [-0.1, -0.05) is 68.7 Å². The highest BCUT2D eigenvalue weighted by Crippen LogP contribution is 2.28. The maximum absolute atomic E-state index is 13.1. The molecule has 0 amide bonds. The molecular weight excluding hydrogens is 341 g/mol. The summed E-state index contributed by atoms with van der Waals surface area (Å²) in [6.45, 7) is 1.99. The van der Waals surface area contributed by atoms with Gasteiger partial charge in [-0.25, -0.2) is 4.79 Å². The average Bonchev–Trinajstić information content (AvgIpc) is 2.64. The van der Waals surface area contributed by atoms with Crippen LogP contribution in [-0.2, 0) is 4.74 Å². The fourth-order valence-corrected chi connectivity index (χ4v) is 2.67. The summed E-state index contributed by atoms with van der Waals surface area (Å²) in [7, 11) is 0. The summed E-state index contributed by atoms with van der Waals surface area (Å²) < 4.78 is 44.1. The van der Waals surface area contributed by atoms with Crippen molar-refractivity contribution in [3.05, 3.63) is 60.2 Å². The van der Waals surface area contributed by atoms with E-state index in [-0.39, 0.29) is 12.0 Å². The van der Waals surface area contributed by atoms with Crippen LogP contribution in [0.15, 0.2) is 54.6 Å². The van der Waals surface area contributed by atoms with Gasteiger partial charge in [-0.2, -0.15) is 13.2 Å². The van der Waals surface area contributed by atoms with E-state index in [0.717, 1.165) is 24.0 Å². The number of halogens is 3. The van der Waals surface area contributed by atoms with Crippen LogP contribution in [0.25, 0.3) is 11.1 Å². The molecule has 0 heterocycles. The van der Waals surface area contributed by atoms with E-state index in [1.807, 2.05) is 37.3 Å². The Morgan fingerprint density at radius 3 is 2.12 bits per heavy atom. The fraction of sp³-hybridized carbons (Fsp3) is 0.381. The molecule has 0 aliphatic rings. The molecule has 0 aliphatic heterocycles. The van der Waals surface area contributed by atoms with Crippen molar-refractivity contribution in [1.29, 1.82) is 0 Å². The highest BCUT2D eigenvalue weighted by atomic mass is 19.4. The zero-order valence-electron chi connectivity index (χ0n) is 14.8. The quantitative estimate of drug-likeness (QED) is 0.399. The molecule has 2 rings (SSSR count). The van der Waals surface area contributed by atoms with E-state index in [0.29, 0.717) is 12.8 Å². The lowest BCUT2D eigenvalue weighted by Crippen LogP contribution is -2.33. The van der Waals surface area contributed by atoms with E-state index >= 15 is 0 Å². The summed E-state index contributed by atoms with van der Waals surface area (Å²) in [6.07, 6.45) is -3.90. The summed E-state index contributed by atoms with van der Waals surface area (Å²) in [5, 5.41) is 0. The number of esters is 1. The first-order chi connectivity index (χ1) is 12.4. The van der Waals surface area contributed by atoms with E-state index in [4.69, 9.17) is 4.74 Å². The molecule has 0 N–H and O–H groups in total. The molecule has 0 aliphatic carbocycles. The van der Waals surface area contributed by atoms with Crippen molar-refractivity contribution < 1.29 is 22.7 Å². The molecule has 0 saturated carbocycles. The molecule has 0 saturated heterocycles. The number of rotatable bonds is 8. The highest BCUT2D eigenvalue weighted by Gasteiger charge is 2.42. The molecule has 2 aromatic rings. The van der Waals surface area contributed by atoms with Gasteiger partial charge < -0.3 is 4.74 Å². The van der Waals surface area contributed by atoms with E-state index in [2.05, 4.69) is 0 Å². The van der Waals surface area contributed by atoms with Gasteiger partial charge in [-0.3, -0.25) is 0 Å². The van der Waals surface area contributed by atoms with Crippen LogP contribution in [0.3, 0.4) is 0 Å². The van der Waals surface area contributed by atoms with Crippen molar-refractivity contribution in [2.75, 3.05) is 0 Å². The van der Waals surface area contributed by atoms with Gasteiger partial charge in [0.05, 0.1) is 5.56 Å². The number of hydrogen-bond donors (Lipinski definition) is 0.